The molecule has 3 heterocycles. The van der Waals surface area contributed by atoms with Crippen molar-refractivity contribution in [2.75, 3.05) is 76.9 Å². The second-order valence-corrected chi connectivity index (χ2v) is 9.69. The predicted octanol–water partition coefficient (Wildman–Crippen LogP) is 1.66. The molecule has 0 spiro atoms. The van der Waals surface area contributed by atoms with Crippen molar-refractivity contribution in [2.45, 2.75) is 39.2 Å². The van der Waals surface area contributed by atoms with Crippen molar-refractivity contribution < 1.29 is 9.59 Å². The summed E-state index contributed by atoms with van der Waals surface area (Å²) in [6.07, 6.45) is 3.49. The number of likely N-dealkylation sites (tertiary alicyclic amines) is 1. The van der Waals surface area contributed by atoms with Crippen molar-refractivity contribution in [2.24, 2.45) is 0 Å². The van der Waals surface area contributed by atoms with Crippen molar-refractivity contribution in [1.82, 2.24) is 19.6 Å². The van der Waals surface area contributed by atoms with Gasteiger partial charge < -0.3 is 14.7 Å². The first-order chi connectivity index (χ1) is 15.5. The maximum Gasteiger partial charge on any atom is 0.236 e. The SMILES string of the molecule is Cc1cccc(N2CCN(C(=O)CN3CCN(CC(=O)N4CCCCC4C)CC3)CC2)c1. The summed E-state index contributed by atoms with van der Waals surface area (Å²) in [5, 5.41) is 0. The van der Waals surface area contributed by atoms with E-state index in [1.54, 1.807) is 0 Å². The maximum atomic E-state index is 12.9. The van der Waals surface area contributed by atoms with E-state index < -0.39 is 0 Å². The van der Waals surface area contributed by atoms with E-state index in [4.69, 9.17) is 0 Å². The van der Waals surface area contributed by atoms with Gasteiger partial charge in [0.15, 0.2) is 0 Å². The minimum absolute atomic E-state index is 0.237. The molecule has 0 radical (unpaired) electrons. The van der Waals surface area contributed by atoms with Crippen LogP contribution in [0.2, 0.25) is 0 Å². The second-order valence-electron chi connectivity index (χ2n) is 9.69. The number of benzene rings is 1. The van der Waals surface area contributed by atoms with Gasteiger partial charge in [-0.25, -0.2) is 0 Å². The molecule has 0 saturated carbocycles. The van der Waals surface area contributed by atoms with Crippen LogP contribution in [0.4, 0.5) is 5.69 Å². The van der Waals surface area contributed by atoms with Gasteiger partial charge in [-0.1, -0.05) is 12.1 Å². The largest absolute Gasteiger partial charge is 0.368 e. The fraction of sp³-hybridized carbons (Fsp3) is 0.680. The fourth-order valence-electron chi connectivity index (χ4n) is 5.19. The fourth-order valence-corrected chi connectivity index (χ4v) is 5.19. The van der Waals surface area contributed by atoms with Gasteiger partial charge in [-0.15, -0.1) is 0 Å². The molecule has 0 N–H and O–H groups in total. The lowest BCUT2D eigenvalue weighted by Crippen LogP contribution is -2.55. The summed E-state index contributed by atoms with van der Waals surface area (Å²) in [5.74, 6) is 0.508. The lowest BCUT2D eigenvalue weighted by Gasteiger charge is -2.39. The average Bonchev–Trinajstić information content (AvgIpc) is 2.80. The second kappa shape index (κ2) is 10.7. The minimum Gasteiger partial charge on any atom is -0.368 e. The van der Waals surface area contributed by atoms with Gasteiger partial charge in [0.2, 0.25) is 11.8 Å². The topological polar surface area (TPSA) is 50.3 Å². The first kappa shape index (κ1) is 23.1. The zero-order chi connectivity index (χ0) is 22.5. The Morgan fingerprint density at radius 1 is 0.844 bits per heavy atom. The van der Waals surface area contributed by atoms with Crippen LogP contribution >= 0.6 is 0 Å². The maximum absolute atomic E-state index is 12.9. The normalized spacial score (nSPS) is 23.4. The molecule has 0 bridgehead atoms. The molecule has 1 atom stereocenters. The summed E-state index contributed by atoms with van der Waals surface area (Å²) in [6, 6.07) is 8.96. The van der Waals surface area contributed by atoms with Gasteiger partial charge in [0, 0.05) is 70.6 Å². The Morgan fingerprint density at radius 3 is 2.12 bits per heavy atom. The molecule has 176 valence electrons. The molecule has 2 amide bonds. The molecule has 3 fully saturated rings. The first-order valence-electron chi connectivity index (χ1n) is 12.3. The highest BCUT2D eigenvalue weighted by molar-refractivity contribution is 5.79. The molecule has 3 aliphatic heterocycles. The number of hydrogen-bond donors (Lipinski definition) is 0. The zero-order valence-electron chi connectivity index (χ0n) is 19.8. The molecule has 1 aromatic carbocycles. The molecule has 7 nitrogen and oxygen atoms in total. The summed E-state index contributed by atoms with van der Waals surface area (Å²) in [5.41, 5.74) is 2.52. The number of piperidine rings is 1. The first-order valence-corrected chi connectivity index (χ1v) is 12.3. The van der Waals surface area contributed by atoms with E-state index in [0.717, 1.165) is 71.7 Å². The molecular weight excluding hydrogens is 402 g/mol. The van der Waals surface area contributed by atoms with Crippen molar-refractivity contribution in [3.63, 3.8) is 0 Å². The summed E-state index contributed by atoms with van der Waals surface area (Å²) < 4.78 is 0. The third kappa shape index (κ3) is 5.81. The standard InChI is InChI=1S/C25H39N5O2/c1-21-6-5-8-23(18-21)28-14-16-29(17-15-28)24(31)19-26-10-12-27(13-11-26)20-25(32)30-9-4-3-7-22(30)2/h5-6,8,18,22H,3-4,7,9-17,19-20H2,1-2H3. The van der Waals surface area contributed by atoms with Crippen LogP contribution in [0.25, 0.3) is 0 Å². The third-order valence-corrected chi connectivity index (χ3v) is 7.31. The highest BCUT2D eigenvalue weighted by Crippen LogP contribution is 2.19. The Bertz CT molecular complexity index is 784. The van der Waals surface area contributed by atoms with Gasteiger partial charge >= 0.3 is 0 Å². The van der Waals surface area contributed by atoms with Gasteiger partial charge in [0.25, 0.3) is 0 Å². The summed E-state index contributed by atoms with van der Waals surface area (Å²) in [6.45, 7) is 13.0. The van der Waals surface area contributed by atoms with Crippen molar-refractivity contribution in [3.8, 4) is 0 Å². The lowest BCUT2D eigenvalue weighted by molar-refractivity contribution is -0.137. The van der Waals surface area contributed by atoms with E-state index in [9.17, 15) is 9.59 Å². The molecule has 1 aromatic rings. The van der Waals surface area contributed by atoms with Crippen LogP contribution in [0, 0.1) is 6.92 Å². The van der Waals surface area contributed by atoms with Crippen LogP contribution in [-0.4, -0.2) is 109 Å². The number of carbonyl (C=O) groups is 2. The Kier molecular flexibility index (Phi) is 7.68. The Balaban J connectivity index is 1.17. The van der Waals surface area contributed by atoms with Gasteiger partial charge in [-0.3, -0.25) is 19.4 Å². The number of nitrogens with zero attached hydrogens (tertiary/aromatic N) is 5. The molecule has 0 aromatic heterocycles. The van der Waals surface area contributed by atoms with Crippen molar-refractivity contribution in [1.29, 1.82) is 0 Å². The zero-order valence-corrected chi connectivity index (χ0v) is 19.8. The number of piperazine rings is 2. The number of hydrogen-bond acceptors (Lipinski definition) is 5. The van der Waals surface area contributed by atoms with E-state index in [0.29, 0.717) is 19.1 Å². The van der Waals surface area contributed by atoms with E-state index in [1.165, 1.54) is 17.7 Å². The molecule has 0 aliphatic carbocycles. The molecule has 1 unspecified atom stereocenters. The summed E-state index contributed by atoms with van der Waals surface area (Å²) >= 11 is 0. The van der Waals surface area contributed by atoms with Gasteiger partial charge in [0.05, 0.1) is 13.1 Å². The van der Waals surface area contributed by atoms with E-state index in [1.807, 2.05) is 4.90 Å². The van der Waals surface area contributed by atoms with E-state index in [-0.39, 0.29) is 11.8 Å². The third-order valence-electron chi connectivity index (χ3n) is 7.31. The molecular formula is C25H39N5O2. The van der Waals surface area contributed by atoms with E-state index in [2.05, 4.69) is 57.7 Å². The van der Waals surface area contributed by atoms with Crippen LogP contribution in [-0.2, 0) is 9.59 Å². The number of rotatable bonds is 5. The van der Waals surface area contributed by atoms with Gasteiger partial charge in [0.1, 0.15) is 0 Å². The molecule has 3 saturated heterocycles. The highest BCUT2D eigenvalue weighted by Gasteiger charge is 2.28. The Labute approximate surface area is 192 Å². The number of amides is 2. The van der Waals surface area contributed by atoms with Crippen molar-refractivity contribution in [3.05, 3.63) is 29.8 Å². The number of aryl methyl sites for hydroxylation is 1. The minimum atomic E-state index is 0.237. The Morgan fingerprint density at radius 2 is 1.50 bits per heavy atom. The van der Waals surface area contributed by atoms with Crippen LogP contribution in [0.1, 0.15) is 31.7 Å². The monoisotopic (exact) mass is 441 g/mol. The van der Waals surface area contributed by atoms with Crippen LogP contribution in [0.5, 0.6) is 0 Å². The van der Waals surface area contributed by atoms with Crippen molar-refractivity contribution >= 4 is 17.5 Å². The Hall–Kier alpha value is -2.12. The number of anilines is 1. The lowest BCUT2D eigenvalue weighted by atomic mass is 10.0. The molecule has 3 aliphatic rings. The van der Waals surface area contributed by atoms with Crippen LogP contribution in [0.15, 0.2) is 24.3 Å². The molecule has 32 heavy (non-hydrogen) atoms. The van der Waals surface area contributed by atoms with Crippen LogP contribution < -0.4 is 4.90 Å². The number of carbonyl (C=O) groups excluding carboxylic acids is 2. The quantitative estimate of drug-likeness (QED) is 0.696. The highest BCUT2D eigenvalue weighted by atomic mass is 16.2. The summed E-state index contributed by atoms with van der Waals surface area (Å²) in [7, 11) is 0. The predicted molar refractivity (Wildman–Crippen MR) is 128 cm³/mol. The smallest absolute Gasteiger partial charge is 0.236 e. The van der Waals surface area contributed by atoms with Gasteiger partial charge in [-0.2, -0.15) is 0 Å². The molecule has 7 heteroatoms. The van der Waals surface area contributed by atoms with Crippen LogP contribution in [0.3, 0.4) is 0 Å². The molecule has 4 rings (SSSR count). The van der Waals surface area contributed by atoms with E-state index >= 15 is 0 Å². The van der Waals surface area contributed by atoms with Gasteiger partial charge in [-0.05, 0) is 50.8 Å². The summed E-state index contributed by atoms with van der Waals surface area (Å²) in [4.78, 5) is 36.5. The average molecular weight is 442 g/mol.